The lowest BCUT2D eigenvalue weighted by Crippen LogP contribution is -2.04. The number of carboxylic acids is 1. The van der Waals surface area contributed by atoms with Crippen LogP contribution >= 0.6 is 0 Å². The molecule has 0 saturated carbocycles. The van der Waals surface area contributed by atoms with E-state index in [1.54, 1.807) is 18.2 Å². The quantitative estimate of drug-likeness (QED) is 0.810. The van der Waals surface area contributed by atoms with E-state index >= 15 is 0 Å². The molecule has 0 fully saturated rings. The number of H-pyrrole nitrogens is 1. The van der Waals surface area contributed by atoms with Gasteiger partial charge in [-0.15, -0.1) is 10.2 Å². The first-order valence-corrected chi connectivity index (χ1v) is 4.86. The van der Waals surface area contributed by atoms with E-state index in [2.05, 4.69) is 20.6 Å². The van der Waals surface area contributed by atoms with Gasteiger partial charge >= 0.3 is 5.97 Å². The maximum Gasteiger partial charge on any atom is 0.339 e. The summed E-state index contributed by atoms with van der Waals surface area (Å²) in [5.41, 5.74) is 0.975. The highest BCUT2D eigenvalue weighted by Gasteiger charge is 2.12. The number of rotatable bonds is 4. The van der Waals surface area contributed by atoms with Gasteiger partial charge in [-0.1, -0.05) is 16.8 Å². The largest absolute Gasteiger partial charge is 0.485 e. The minimum absolute atomic E-state index is 0.0693. The summed E-state index contributed by atoms with van der Waals surface area (Å²) in [6.45, 7) is 1.88. The number of tetrazole rings is 1. The van der Waals surface area contributed by atoms with Gasteiger partial charge in [-0.05, 0) is 19.1 Å². The molecule has 0 saturated heterocycles. The number of carbonyl (C=O) groups is 1. The molecule has 0 spiro atoms. The van der Waals surface area contributed by atoms with Gasteiger partial charge in [-0.25, -0.2) is 4.79 Å². The zero-order chi connectivity index (χ0) is 12.3. The normalized spacial score (nSPS) is 10.2. The first-order valence-electron chi connectivity index (χ1n) is 4.86. The second-order valence-corrected chi connectivity index (χ2v) is 3.42. The maximum absolute atomic E-state index is 11.0. The summed E-state index contributed by atoms with van der Waals surface area (Å²) in [5, 5.41) is 22.1. The molecule has 0 unspecified atom stereocenters. The molecular formula is C10H10N4O3. The number of benzene rings is 1. The standard InChI is InChI=1S/C10H10N4O3/c1-6-2-3-8(7(4-6)10(15)16)17-5-9-11-13-14-12-9/h2-4H,5H2,1H3,(H,15,16)(H,11,12,13,14). The van der Waals surface area contributed by atoms with Crippen LogP contribution in [0.25, 0.3) is 0 Å². The summed E-state index contributed by atoms with van der Waals surface area (Å²) in [7, 11) is 0. The SMILES string of the molecule is Cc1ccc(OCc2nn[nH]n2)c(C(=O)O)c1. The highest BCUT2D eigenvalue weighted by Crippen LogP contribution is 2.20. The fourth-order valence-corrected chi connectivity index (χ4v) is 1.32. The van der Waals surface area contributed by atoms with Crippen molar-refractivity contribution in [2.75, 3.05) is 0 Å². The van der Waals surface area contributed by atoms with Crippen LogP contribution in [0.2, 0.25) is 0 Å². The van der Waals surface area contributed by atoms with Crippen LogP contribution in [0.5, 0.6) is 5.75 Å². The molecule has 0 atom stereocenters. The van der Waals surface area contributed by atoms with Crippen LogP contribution in [-0.2, 0) is 6.61 Å². The minimum Gasteiger partial charge on any atom is -0.485 e. The van der Waals surface area contributed by atoms with Crippen molar-refractivity contribution in [3.05, 3.63) is 35.2 Å². The third-order valence-electron chi connectivity index (χ3n) is 2.11. The van der Waals surface area contributed by atoms with E-state index < -0.39 is 5.97 Å². The first-order chi connectivity index (χ1) is 8.16. The fraction of sp³-hybridized carbons (Fsp3) is 0.200. The summed E-state index contributed by atoms with van der Waals surface area (Å²) in [6.07, 6.45) is 0. The molecule has 0 amide bonds. The van der Waals surface area contributed by atoms with E-state index in [0.717, 1.165) is 5.56 Å². The summed E-state index contributed by atoms with van der Waals surface area (Å²) < 4.78 is 5.33. The van der Waals surface area contributed by atoms with Crippen molar-refractivity contribution in [1.82, 2.24) is 20.6 Å². The van der Waals surface area contributed by atoms with Gasteiger partial charge in [0.2, 0.25) is 5.82 Å². The first kappa shape index (κ1) is 11.1. The van der Waals surface area contributed by atoms with Crippen LogP contribution in [0.4, 0.5) is 0 Å². The number of ether oxygens (including phenoxy) is 1. The van der Waals surface area contributed by atoms with Gasteiger partial charge in [0, 0.05) is 0 Å². The molecule has 1 aromatic carbocycles. The maximum atomic E-state index is 11.0. The minimum atomic E-state index is -1.03. The van der Waals surface area contributed by atoms with Gasteiger partial charge in [0.1, 0.15) is 11.3 Å². The monoisotopic (exact) mass is 234 g/mol. The Balaban J connectivity index is 2.17. The molecule has 17 heavy (non-hydrogen) atoms. The van der Waals surface area contributed by atoms with Crippen LogP contribution in [-0.4, -0.2) is 31.7 Å². The van der Waals surface area contributed by atoms with Crippen LogP contribution < -0.4 is 4.74 Å². The zero-order valence-corrected chi connectivity index (χ0v) is 9.04. The number of hydrogen-bond donors (Lipinski definition) is 2. The lowest BCUT2D eigenvalue weighted by molar-refractivity contribution is 0.0691. The number of carboxylic acid groups (broad SMARTS) is 1. The van der Waals surface area contributed by atoms with Crippen LogP contribution in [0, 0.1) is 6.92 Å². The van der Waals surface area contributed by atoms with Crippen LogP contribution in [0.1, 0.15) is 21.7 Å². The van der Waals surface area contributed by atoms with Gasteiger partial charge in [-0.3, -0.25) is 0 Å². The Labute approximate surface area is 96.4 Å². The van der Waals surface area contributed by atoms with Crippen molar-refractivity contribution in [2.45, 2.75) is 13.5 Å². The van der Waals surface area contributed by atoms with Crippen LogP contribution in [0.3, 0.4) is 0 Å². The number of aryl methyl sites for hydroxylation is 1. The predicted molar refractivity (Wildman–Crippen MR) is 56.6 cm³/mol. The summed E-state index contributed by atoms with van der Waals surface area (Å²) in [5.74, 6) is -0.383. The molecule has 7 heteroatoms. The van der Waals surface area contributed by atoms with E-state index in [1.807, 2.05) is 6.92 Å². The van der Waals surface area contributed by atoms with Gasteiger partial charge in [-0.2, -0.15) is 5.21 Å². The third kappa shape index (κ3) is 2.57. The van der Waals surface area contributed by atoms with Crippen molar-refractivity contribution in [2.24, 2.45) is 0 Å². The lowest BCUT2D eigenvalue weighted by atomic mass is 10.1. The molecule has 2 aromatic rings. The molecular weight excluding hydrogens is 224 g/mol. The highest BCUT2D eigenvalue weighted by molar-refractivity contribution is 5.91. The topological polar surface area (TPSA) is 101 Å². The third-order valence-corrected chi connectivity index (χ3v) is 2.11. The average Bonchev–Trinajstić information content (AvgIpc) is 2.80. The zero-order valence-electron chi connectivity index (χ0n) is 9.04. The molecule has 2 rings (SSSR count). The molecule has 0 radical (unpaired) electrons. The van der Waals surface area contributed by atoms with Crippen molar-refractivity contribution in [3.63, 3.8) is 0 Å². The predicted octanol–water partition coefficient (Wildman–Crippen LogP) is 0.785. The Bertz CT molecular complexity index is 524. The Hall–Kier alpha value is -2.44. The van der Waals surface area contributed by atoms with E-state index in [9.17, 15) is 4.79 Å². The average molecular weight is 234 g/mol. The Morgan fingerprint density at radius 2 is 2.35 bits per heavy atom. The van der Waals surface area contributed by atoms with E-state index in [-0.39, 0.29) is 17.9 Å². The number of aromatic nitrogens is 4. The number of aromatic carboxylic acids is 1. The number of aromatic amines is 1. The van der Waals surface area contributed by atoms with Crippen LogP contribution in [0.15, 0.2) is 18.2 Å². The molecule has 0 aliphatic carbocycles. The fourth-order valence-electron chi connectivity index (χ4n) is 1.32. The molecule has 0 aliphatic heterocycles. The molecule has 2 N–H and O–H groups in total. The van der Waals surface area contributed by atoms with Crippen molar-refractivity contribution < 1.29 is 14.6 Å². The smallest absolute Gasteiger partial charge is 0.339 e. The highest BCUT2D eigenvalue weighted by atomic mass is 16.5. The summed E-state index contributed by atoms with van der Waals surface area (Å²) in [6, 6.07) is 4.94. The summed E-state index contributed by atoms with van der Waals surface area (Å²) >= 11 is 0. The van der Waals surface area contributed by atoms with E-state index in [1.165, 1.54) is 0 Å². The van der Waals surface area contributed by atoms with Gasteiger partial charge in [0.15, 0.2) is 6.61 Å². The second-order valence-electron chi connectivity index (χ2n) is 3.42. The van der Waals surface area contributed by atoms with Gasteiger partial charge in [0.05, 0.1) is 0 Å². The lowest BCUT2D eigenvalue weighted by Gasteiger charge is -2.07. The second kappa shape index (κ2) is 4.60. The van der Waals surface area contributed by atoms with Gasteiger partial charge < -0.3 is 9.84 Å². The van der Waals surface area contributed by atoms with Crippen molar-refractivity contribution in [3.8, 4) is 5.75 Å². The van der Waals surface area contributed by atoms with E-state index in [0.29, 0.717) is 5.82 Å². The molecule has 1 heterocycles. The summed E-state index contributed by atoms with van der Waals surface area (Å²) in [4.78, 5) is 11.0. The van der Waals surface area contributed by atoms with Crippen molar-refractivity contribution >= 4 is 5.97 Å². The molecule has 88 valence electrons. The number of nitrogens with one attached hydrogen (secondary N) is 1. The Morgan fingerprint density at radius 1 is 1.53 bits per heavy atom. The molecule has 1 aromatic heterocycles. The Kier molecular flexibility index (Phi) is 2.99. The van der Waals surface area contributed by atoms with E-state index in [4.69, 9.17) is 9.84 Å². The molecule has 7 nitrogen and oxygen atoms in total. The molecule has 0 aliphatic rings. The Morgan fingerprint density at radius 3 is 3.00 bits per heavy atom. The number of nitrogens with zero attached hydrogens (tertiary/aromatic N) is 3. The molecule has 0 bridgehead atoms. The number of hydrogen-bond acceptors (Lipinski definition) is 5. The van der Waals surface area contributed by atoms with Crippen molar-refractivity contribution in [1.29, 1.82) is 0 Å². The van der Waals surface area contributed by atoms with Gasteiger partial charge in [0.25, 0.3) is 0 Å².